The first-order chi connectivity index (χ1) is 9.94. The molecule has 0 aliphatic carbocycles. The first-order valence-corrected chi connectivity index (χ1v) is 10.3. The molecule has 0 aliphatic heterocycles. The zero-order valence-electron chi connectivity index (χ0n) is 14.1. The van der Waals surface area contributed by atoms with Crippen molar-refractivity contribution in [3.8, 4) is 0 Å². The van der Waals surface area contributed by atoms with Crippen LogP contribution in [0.2, 0.25) is 0 Å². The van der Waals surface area contributed by atoms with Crippen LogP contribution in [-0.4, -0.2) is 24.0 Å². The zero-order chi connectivity index (χ0) is 17.1. The van der Waals surface area contributed by atoms with E-state index in [0.29, 0.717) is 12.1 Å². The van der Waals surface area contributed by atoms with Gasteiger partial charge in [-0.05, 0) is 51.3 Å². The second-order valence-electron chi connectivity index (χ2n) is 6.37. The number of benzene rings is 1. The zero-order valence-corrected chi connectivity index (χ0v) is 15.7. The fraction of sp³-hybridized carbons (Fsp3) is 0.600. The molecule has 1 rings (SSSR count). The van der Waals surface area contributed by atoms with E-state index in [1.165, 1.54) is 0 Å². The average molecular weight is 347 g/mol. The summed E-state index contributed by atoms with van der Waals surface area (Å²) in [5, 5.41) is 0. The topological polar surface area (TPSA) is 81.3 Å². The van der Waals surface area contributed by atoms with Gasteiger partial charge in [0.1, 0.15) is 4.75 Å². The Bertz CT molecular complexity index is 610. The largest absolute Gasteiger partial charge is 0.598 e. The normalized spacial score (nSPS) is 15.4. The highest BCUT2D eigenvalue weighted by atomic mass is 32.2. The van der Waals surface area contributed by atoms with Crippen molar-refractivity contribution in [2.75, 3.05) is 11.0 Å². The van der Waals surface area contributed by atoms with Gasteiger partial charge in [0, 0.05) is 11.4 Å². The first kappa shape index (κ1) is 19.3. The second-order valence-corrected chi connectivity index (χ2v) is 10.1. The highest BCUT2D eigenvalue weighted by molar-refractivity contribution is 7.92. The van der Waals surface area contributed by atoms with Gasteiger partial charge in [0.15, 0.2) is 0 Å². The van der Waals surface area contributed by atoms with Gasteiger partial charge in [-0.15, -0.1) is 4.72 Å². The van der Waals surface area contributed by atoms with Crippen molar-refractivity contribution in [3.05, 3.63) is 29.3 Å². The molecule has 0 heterocycles. The molecule has 1 aromatic rings. The van der Waals surface area contributed by atoms with E-state index in [0.717, 1.165) is 17.4 Å². The van der Waals surface area contributed by atoms with Crippen LogP contribution in [0.3, 0.4) is 0 Å². The molecule has 5 nitrogen and oxygen atoms in total. The van der Waals surface area contributed by atoms with Crippen molar-refractivity contribution in [1.82, 2.24) is 4.72 Å². The predicted molar refractivity (Wildman–Crippen MR) is 93.7 cm³/mol. The molecule has 0 aliphatic rings. The SMILES string of the molecule is CCc1cc([C@@H](C)N[S@+]([O-])C(C)(C)C)ccc1NS(C)(=O)=O. The van der Waals surface area contributed by atoms with Crippen molar-refractivity contribution in [3.63, 3.8) is 0 Å². The van der Waals surface area contributed by atoms with Crippen LogP contribution in [0.1, 0.15) is 51.8 Å². The third kappa shape index (κ3) is 5.79. The van der Waals surface area contributed by atoms with E-state index >= 15 is 0 Å². The van der Waals surface area contributed by atoms with Gasteiger partial charge in [-0.1, -0.05) is 19.1 Å². The second kappa shape index (κ2) is 7.21. The number of anilines is 1. The summed E-state index contributed by atoms with van der Waals surface area (Å²) in [4.78, 5) is 0. The molecule has 0 fully saturated rings. The van der Waals surface area contributed by atoms with E-state index in [1.54, 1.807) is 6.07 Å². The van der Waals surface area contributed by atoms with Crippen molar-refractivity contribution >= 4 is 27.1 Å². The van der Waals surface area contributed by atoms with Gasteiger partial charge in [-0.3, -0.25) is 4.72 Å². The molecule has 22 heavy (non-hydrogen) atoms. The van der Waals surface area contributed by atoms with Crippen LogP contribution in [0.4, 0.5) is 5.69 Å². The van der Waals surface area contributed by atoms with Crippen LogP contribution in [0.5, 0.6) is 0 Å². The smallest absolute Gasteiger partial charge is 0.229 e. The van der Waals surface area contributed by atoms with Crippen LogP contribution >= 0.6 is 0 Å². The van der Waals surface area contributed by atoms with E-state index in [4.69, 9.17) is 0 Å². The van der Waals surface area contributed by atoms with Crippen LogP contribution in [-0.2, 0) is 27.8 Å². The van der Waals surface area contributed by atoms with Crippen LogP contribution in [0, 0.1) is 0 Å². The van der Waals surface area contributed by atoms with Gasteiger partial charge < -0.3 is 4.55 Å². The van der Waals surface area contributed by atoms with E-state index in [9.17, 15) is 13.0 Å². The van der Waals surface area contributed by atoms with Gasteiger partial charge in [-0.25, -0.2) is 8.42 Å². The number of nitrogens with one attached hydrogen (secondary N) is 2. The Morgan fingerprint density at radius 2 is 1.91 bits per heavy atom. The number of hydrogen-bond acceptors (Lipinski definition) is 4. The molecule has 126 valence electrons. The minimum Gasteiger partial charge on any atom is -0.598 e. The summed E-state index contributed by atoms with van der Waals surface area (Å²) in [6.45, 7) is 9.67. The Kier molecular flexibility index (Phi) is 6.32. The quantitative estimate of drug-likeness (QED) is 0.776. The van der Waals surface area contributed by atoms with Crippen molar-refractivity contribution in [2.24, 2.45) is 0 Å². The first-order valence-electron chi connectivity index (χ1n) is 7.22. The maximum absolute atomic E-state index is 12.2. The molecule has 0 bridgehead atoms. The highest BCUT2D eigenvalue weighted by Gasteiger charge is 2.28. The summed E-state index contributed by atoms with van der Waals surface area (Å²) in [6, 6.07) is 5.47. The average Bonchev–Trinajstić information content (AvgIpc) is 2.36. The van der Waals surface area contributed by atoms with Crippen molar-refractivity contribution < 1.29 is 13.0 Å². The summed E-state index contributed by atoms with van der Waals surface area (Å²) in [5.74, 6) is 0. The molecule has 0 saturated heterocycles. The lowest BCUT2D eigenvalue weighted by molar-refractivity contribution is 0.531. The monoisotopic (exact) mass is 346 g/mol. The third-order valence-corrected chi connectivity index (χ3v) is 5.42. The molecule has 1 aromatic carbocycles. The number of sulfonamides is 1. The molecule has 0 unspecified atom stereocenters. The molecule has 0 radical (unpaired) electrons. The Morgan fingerprint density at radius 1 is 1.32 bits per heavy atom. The molecular formula is C15H26N2O3S2. The molecule has 0 aromatic heterocycles. The fourth-order valence-electron chi connectivity index (χ4n) is 1.88. The highest BCUT2D eigenvalue weighted by Crippen LogP contribution is 2.25. The summed E-state index contributed by atoms with van der Waals surface area (Å²) < 4.78 is 40.2. The molecule has 0 saturated carbocycles. The maximum atomic E-state index is 12.2. The maximum Gasteiger partial charge on any atom is 0.229 e. The van der Waals surface area contributed by atoms with Crippen LogP contribution < -0.4 is 9.44 Å². The van der Waals surface area contributed by atoms with E-state index in [2.05, 4.69) is 9.44 Å². The number of rotatable bonds is 6. The molecule has 0 amide bonds. The van der Waals surface area contributed by atoms with Gasteiger partial charge in [0.2, 0.25) is 10.0 Å². The lowest BCUT2D eigenvalue weighted by atomic mass is 10.0. The summed E-state index contributed by atoms with van der Waals surface area (Å²) in [7, 11) is -3.30. The minimum absolute atomic E-state index is 0.0855. The Hall–Kier alpha value is -0.760. The molecule has 7 heteroatoms. The summed E-state index contributed by atoms with van der Waals surface area (Å²) in [6.07, 6.45) is 1.85. The molecule has 2 N–H and O–H groups in total. The number of hydrogen-bond donors (Lipinski definition) is 2. The van der Waals surface area contributed by atoms with E-state index in [1.807, 2.05) is 46.8 Å². The Morgan fingerprint density at radius 3 is 2.36 bits per heavy atom. The number of aryl methyl sites for hydroxylation is 1. The minimum atomic E-state index is -3.30. The van der Waals surface area contributed by atoms with Gasteiger partial charge in [0.25, 0.3) is 0 Å². The third-order valence-electron chi connectivity index (χ3n) is 3.15. The Balaban J connectivity index is 2.98. The van der Waals surface area contributed by atoms with Gasteiger partial charge >= 0.3 is 0 Å². The van der Waals surface area contributed by atoms with Gasteiger partial charge in [-0.2, -0.15) is 0 Å². The van der Waals surface area contributed by atoms with E-state index < -0.39 is 21.4 Å². The van der Waals surface area contributed by atoms with Crippen LogP contribution in [0.25, 0.3) is 0 Å². The van der Waals surface area contributed by atoms with E-state index in [-0.39, 0.29) is 10.8 Å². The summed E-state index contributed by atoms with van der Waals surface area (Å²) in [5.41, 5.74) is 2.49. The van der Waals surface area contributed by atoms with Gasteiger partial charge in [0.05, 0.1) is 18.0 Å². The molecular weight excluding hydrogens is 320 g/mol. The lowest BCUT2D eigenvalue weighted by Gasteiger charge is -2.27. The molecule has 2 atom stereocenters. The van der Waals surface area contributed by atoms with Crippen molar-refractivity contribution in [1.29, 1.82) is 0 Å². The summed E-state index contributed by atoms with van der Waals surface area (Å²) >= 11 is -1.16. The standard InChI is InChI=1S/C15H26N2O3S2/c1-7-12-10-13(8-9-14(12)17-22(6,19)20)11(2)16-21(18)15(3,4)5/h8-11,16-17H,7H2,1-6H3/t11-,21-/m1/s1. The lowest BCUT2D eigenvalue weighted by Crippen LogP contribution is -2.40. The Labute approximate surface area is 137 Å². The fourth-order valence-corrected chi connectivity index (χ4v) is 3.29. The predicted octanol–water partition coefficient (Wildman–Crippen LogP) is 2.73. The van der Waals surface area contributed by atoms with Crippen molar-refractivity contribution in [2.45, 2.75) is 51.8 Å². The molecule has 0 spiro atoms. The van der Waals surface area contributed by atoms with Crippen LogP contribution in [0.15, 0.2) is 18.2 Å².